The molecule has 3 heterocycles. The lowest BCUT2D eigenvalue weighted by Crippen LogP contribution is -2.49. The van der Waals surface area contributed by atoms with Gasteiger partial charge in [-0.25, -0.2) is 4.98 Å². The summed E-state index contributed by atoms with van der Waals surface area (Å²) in [6, 6.07) is 9.76. The second-order valence-corrected chi connectivity index (χ2v) is 7.24. The van der Waals surface area contributed by atoms with Crippen molar-refractivity contribution in [3.05, 3.63) is 70.4 Å². The van der Waals surface area contributed by atoms with E-state index >= 15 is 0 Å². The summed E-state index contributed by atoms with van der Waals surface area (Å²) >= 11 is 0. The van der Waals surface area contributed by atoms with E-state index in [0.29, 0.717) is 31.7 Å². The molecule has 170 valence electrons. The third kappa shape index (κ3) is 4.52. The van der Waals surface area contributed by atoms with Crippen molar-refractivity contribution in [2.75, 3.05) is 31.1 Å². The summed E-state index contributed by atoms with van der Waals surface area (Å²) in [5.74, 6) is -0.124. The molecule has 1 aromatic carbocycles. The fraction of sp³-hybridized carbons (Fsp3) is 0.273. The van der Waals surface area contributed by atoms with E-state index in [1.807, 2.05) is 0 Å². The van der Waals surface area contributed by atoms with E-state index in [1.165, 1.54) is 12.6 Å². The monoisotopic (exact) mass is 451 g/mol. The lowest BCUT2D eigenvalue weighted by atomic mass is 10.1. The molecular formula is C22H21N5O6. The number of ether oxygens (including phenoxy) is 1. The third-order valence-electron chi connectivity index (χ3n) is 5.27. The van der Waals surface area contributed by atoms with Crippen molar-refractivity contribution in [3.8, 4) is 11.6 Å². The van der Waals surface area contributed by atoms with Crippen LogP contribution in [0.3, 0.4) is 0 Å². The normalized spacial score (nSPS) is 13.6. The van der Waals surface area contributed by atoms with E-state index in [9.17, 15) is 19.7 Å². The first kappa shape index (κ1) is 21.9. The van der Waals surface area contributed by atoms with Crippen LogP contribution in [-0.4, -0.2) is 57.7 Å². The number of ketones is 1. The van der Waals surface area contributed by atoms with Crippen molar-refractivity contribution >= 4 is 23.2 Å². The van der Waals surface area contributed by atoms with Gasteiger partial charge in [-0.05, 0) is 24.3 Å². The average Bonchev–Trinajstić information content (AvgIpc) is 3.38. The molecule has 0 atom stereocenters. The van der Waals surface area contributed by atoms with Crippen LogP contribution in [0.5, 0.6) is 11.6 Å². The van der Waals surface area contributed by atoms with Crippen molar-refractivity contribution in [1.29, 1.82) is 0 Å². The number of amides is 1. The Labute approximate surface area is 188 Å². The molecule has 0 saturated carbocycles. The first-order chi connectivity index (χ1) is 16.0. The Hall–Kier alpha value is -4.28. The highest BCUT2D eigenvalue weighted by Crippen LogP contribution is 2.37. The van der Waals surface area contributed by atoms with E-state index in [1.54, 1.807) is 53.1 Å². The van der Waals surface area contributed by atoms with Crippen LogP contribution in [0.1, 0.15) is 34.3 Å². The number of anilines is 1. The Morgan fingerprint density at radius 1 is 1.12 bits per heavy atom. The molecule has 11 nitrogen and oxygen atoms in total. The molecule has 0 N–H and O–H groups in total. The number of piperazine rings is 1. The van der Waals surface area contributed by atoms with Gasteiger partial charge in [-0.2, -0.15) is 4.98 Å². The van der Waals surface area contributed by atoms with E-state index in [4.69, 9.17) is 9.15 Å². The van der Waals surface area contributed by atoms with Crippen molar-refractivity contribution in [2.24, 2.45) is 0 Å². The Balaban J connectivity index is 1.58. The Morgan fingerprint density at radius 2 is 1.88 bits per heavy atom. The summed E-state index contributed by atoms with van der Waals surface area (Å²) in [5.41, 5.74) is -0.0819. The van der Waals surface area contributed by atoms with Crippen LogP contribution in [0, 0.1) is 10.1 Å². The number of carbonyl (C=O) groups is 2. The van der Waals surface area contributed by atoms with Gasteiger partial charge in [0.15, 0.2) is 11.5 Å². The van der Waals surface area contributed by atoms with E-state index in [0.717, 1.165) is 0 Å². The molecule has 11 heteroatoms. The fourth-order valence-corrected chi connectivity index (χ4v) is 3.58. The van der Waals surface area contributed by atoms with E-state index < -0.39 is 10.6 Å². The summed E-state index contributed by atoms with van der Waals surface area (Å²) in [6.07, 6.45) is 2.88. The van der Waals surface area contributed by atoms with Gasteiger partial charge < -0.3 is 19.0 Å². The molecule has 4 rings (SSSR count). The number of Topliss-reactive ketones (excluding diaryl/α,β-unsaturated/α-hetero) is 1. The quantitative estimate of drug-likeness (QED) is 0.301. The second-order valence-electron chi connectivity index (χ2n) is 7.24. The van der Waals surface area contributed by atoms with Crippen molar-refractivity contribution in [2.45, 2.75) is 13.3 Å². The van der Waals surface area contributed by atoms with Crippen LogP contribution < -0.4 is 9.64 Å². The molecule has 0 bridgehead atoms. The van der Waals surface area contributed by atoms with Gasteiger partial charge in [-0.3, -0.25) is 19.7 Å². The lowest BCUT2D eigenvalue weighted by molar-refractivity contribution is -0.385. The number of nitrogens with zero attached hydrogens (tertiary/aromatic N) is 5. The van der Waals surface area contributed by atoms with Gasteiger partial charge in [-0.15, -0.1) is 0 Å². The number of furan rings is 1. The molecule has 0 aliphatic carbocycles. The molecule has 0 radical (unpaired) electrons. The zero-order valence-electron chi connectivity index (χ0n) is 17.8. The Bertz CT molecular complexity index is 1170. The van der Waals surface area contributed by atoms with Gasteiger partial charge in [0.05, 0.1) is 16.7 Å². The number of hydrogen-bond donors (Lipinski definition) is 0. The summed E-state index contributed by atoms with van der Waals surface area (Å²) in [4.78, 5) is 47.5. The maximum Gasteiger partial charge on any atom is 0.373 e. The van der Waals surface area contributed by atoms with Gasteiger partial charge in [0.25, 0.3) is 5.91 Å². The van der Waals surface area contributed by atoms with Gasteiger partial charge in [0, 0.05) is 32.6 Å². The molecule has 1 saturated heterocycles. The fourth-order valence-electron chi connectivity index (χ4n) is 3.58. The Morgan fingerprint density at radius 3 is 2.55 bits per heavy atom. The number of carbonyl (C=O) groups excluding carboxylic acids is 2. The van der Waals surface area contributed by atoms with Gasteiger partial charge in [-0.1, -0.05) is 19.1 Å². The molecule has 3 aromatic rings. The number of para-hydroxylation sites is 1. The van der Waals surface area contributed by atoms with E-state index in [-0.39, 0.29) is 41.3 Å². The van der Waals surface area contributed by atoms with Crippen LogP contribution in [0.4, 0.5) is 11.5 Å². The maximum atomic E-state index is 12.5. The molecule has 1 aliphatic heterocycles. The number of hydrogen-bond acceptors (Lipinski definition) is 9. The summed E-state index contributed by atoms with van der Waals surface area (Å²) in [5, 5.41) is 12.0. The van der Waals surface area contributed by atoms with Crippen LogP contribution in [0.15, 0.2) is 53.4 Å². The van der Waals surface area contributed by atoms with Crippen molar-refractivity contribution in [3.63, 3.8) is 0 Å². The molecule has 1 fully saturated rings. The predicted octanol–water partition coefficient (Wildman–Crippen LogP) is 3.33. The molecule has 0 unspecified atom stereocenters. The minimum Gasteiger partial charge on any atom is -0.459 e. The number of nitro groups is 1. The van der Waals surface area contributed by atoms with Crippen LogP contribution in [0.2, 0.25) is 0 Å². The standard InChI is InChI=1S/C22H21N5O6/c1-2-16(28)15-6-3-4-7-17(15)33-21-19(27(30)31)20(23-14-24-21)25-9-11-26(12-10-25)22(29)18-8-5-13-32-18/h3-8,13-14H,2,9-12H2,1H3. The average molecular weight is 451 g/mol. The molecule has 1 aliphatic rings. The molecule has 1 amide bonds. The first-order valence-electron chi connectivity index (χ1n) is 10.4. The maximum absolute atomic E-state index is 12.5. The lowest BCUT2D eigenvalue weighted by Gasteiger charge is -2.34. The summed E-state index contributed by atoms with van der Waals surface area (Å²) in [6.45, 7) is 3.05. The topological polar surface area (TPSA) is 132 Å². The Kier molecular flexibility index (Phi) is 6.29. The first-order valence-corrected chi connectivity index (χ1v) is 10.4. The van der Waals surface area contributed by atoms with Crippen LogP contribution >= 0.6 is 0 Å². The largest absolute Gasteiger partial charge is 0.459 e. The summed E-state index contributed by atoms with van der Waals surface area (Å²) < 4.78 is 10.9. The number of aromatic nitrogens is 2. The zero-order valence-corrected chi connectivity index (χ0v) is 17.8. The highest BCUT2D eigenvalue weighted by Gasteiger charge is 2.32. The molecular weight excluding hydrogens is 430 g/mol. The minimum absolute atomic E-state index is 0.0920. The third-order valence-corrected chi connectivity index (χ3v) is 5.27. The smallest absolute Gasteiger partial charge is 0.373 e. The van der Waals surface area contributed by atoms with Crippen molar-refractivity contribution in [1.82, 2.24) is 14.9 Å². The van der Waals surface area contributed by atoms with Gasteiger partial charge >= 0.3 is 11.6 Å². The second kappa shape index (κ2) is 9.47. The molecule has 33 heavy (non-hydrogen) atoms. The van der Waals surface area contributed by atoms with Crippen LogP contribution in [-0.2, 0) is 0 Å². The number of benzene rings is 1. The molecule has 0 spiro atoms. The van der Waals surface area contributed by atoms with Crippen molar-refractivity contribution < 1.29 is 23.7 Å². The summed E-state index contributed by atoms with van der Waals surface area (Å²) in [7, 11) is 0. The van der Waals surface area contributed by atoms with Crippen LogP contribution in [0.25, 0.3) is 0 Å². The predicted molar refractivity (Wildman–Crippen MR) is 117 cm³/mol. The molecule has 2 aromatic heterocycles. The highest BCUT2D eigenvalue weighted by molar-refractivity contribution is 5.98. The van der Waals surface area contributed by atoms with Gasteiger partial charge in [0.2, 0.25) is 5.82 Å². The number of rotatable bonds is 7. The highest BCUT2D eigenvalue weighted by atomic mass is 16.6. The zero-order chi connectivity index (χ0) is 23.4. The van der Waals surface area contributed by atoms with E-state index in [2.05, 4.69) is 9.97 Å². The van der Waals surface area contributed by atoms with Gasteiger partial charge in [0.1, 0.15) is 12.1 Å². The SMILES string of the molecule is CCC(=O)c1ccccc1Oc1ncnc(N2CCN(C(=O)c3ccco3)CC2)c1[N+](=O)[O-]. The minimum atomic E-state index is -0.602.